The summed E-state index contributed by atoms with van der Waals surface area (Å²) in [4.78, 5) is 15.0. The number of carbonyl (C=O) groups is 1. The van der Waals surface area contributed by atoms with E-state index >= 15 is 0 Å². The maximum Gasteiger partial charge on any atom is 0.243 e. The van der Waals surface area contributed by atoms with Crippen molar-refractivity contribution in [2.75, 3.05) is 38.6 Å². The molecule has 0 unspecified atom stereocenters. The average molecular weight is 460 g/mol. The Kier molecular flexibility index (Phi) is 7.92. The SMILES string of the molecule is CC[C@H](C)c1ccc(S(=O)(=O)N2CCN([C@H](C)C(=O)Nc3cccc(OC)c3)CC2)cc1. The highest BCUT2D eigenvalue weighted by Crippen LogP contribution is 2.23. The third-order valence-electron chi connectivity index (χ3n) is 6.24. The van der Waals surface area contributed by atoms with Gasteiger partial charge in [-0.2, -0.15) is 4.31 Å². The summed E-state index contributed by atoms with van der Waals surface area (Å²) in [6.07, 6.45) is 1.01. The molecule has 1 amide bonds. The Morgan fingerprint density at radius 1 is 1.06 bits per heavy atom. The number of benzene rings is 2. The number of nitrogens with zero attached hydrogens (tertiary/aromatic N) is 2. The van der Waals surface area contributed by atoms with Crippen LogP contribution in [0, 0.1) is 0 Å². The first-order valence-electron chi connectivity index (χ1n) is 11.0. The van der Waals surface area contributed by atoms with Gasteiger partial charge in [-0.15, -0.1) is 0 Å². The van der Waals surface area contributed by atoms with Crippen molar-refractivity contribution in [3.05, 3.63) is 54.1 Å². The van der Waals surface area contributed by atoms with Gasteiger partial charge in [0.25, 0.3) is 0 Å². The van der Waals surface area contributed by atoms with E-state index in [9.17, 15) is 13.2 Å². The zero-order valence-electron chi connectivity index (χ0n) is 19.2. The number of amides is 1. The first kappa shape index (κ1) is 24.2. The summed E-state index contributed by atoms with van der Waals surface area (Å²) in [6.45, 7) is 7.79. The molecule has 2 atom stereocenters. The number of hydrogen-bond acceptors (Lipinski definition) is 5. The number of rotatable bonds is 8. The van der Waals surface area contributed by atoms with Crippen LogP contribution >= 0.6 is 0 Å². The van der Waals surface area contributed by atoms with Crippen LogP contribution in [0.1, 0.15) is 38.7 Å². The van der Waals surface area contributed by atoms with E-state index in [1.165, 1.54) is 4.31 Å². The van der Waals surface area contributed by atoms with Gasteiger partial charge in [0.05, 0.1) is 18.0 Å². The summed E-state index contributed by atoms with van der Waals surface area (Å²) in [5, 5.41) is 2.91. The predicted octanol–water partition coefficient (Wildman–Crippen LogP) is 3.54. The molecule has 0 aliphatic carbocycles. The topological polar surface area (TPSA) is 79.0 Å². The number of nitrogens with one attached hydrogen (secondary N) is 1. The second-order valence-corrected chi connectivity index (χ2v) is 10.2. The van der Waals surface area contributed by atoms with Crippen LogP contribution in [0.2, 0.25) is 0 Å². The largest absolute Gasteiger partial charge is 0.497 e. The van der Waals surface area contributed by atoms with E-state index in [2.05, 4.69) is 19.2 Å². The lowest BCUT2D eigenvalue weighted by Crippen LogP contribution is -2.53. The lowest BCUT2D eigenvalue weighted by Gasteiger charge is -2.36. The standard InChI is InChI=1S/C24H33N3O4S/c1-5-18(2)20-9-11-23(12-10-20)32(29,30)27-15-13-26(14-16-27)19(3)24(28)25-21-7-6-8-22(17-21)31-4/h6-12,17-19H,5,13-16H2,1-4H3,(H,25,28)/t18-,19+/m0/s1. The first-order chi connectivity index (χ1) is 15.3. The van der Waals surface area contributed by atoms with E-state index in [4.69, 9.17) is 4.74 Å². The molecule has 0 bridgehead atoms. The van der Waals surface area contributed by atoms with Crippen molar-refractivity contribution in [2.45, 2.75) is 44.0 Å². The van der Waals surface area contributed by atoms with Crippen LogP contribution in [-0.2, 0) is 14.8 Å². The van der Waals surface area contributed by atoms with Crippen LogP contribution in [0.25, 0.3) is 0 Å². The maximum absolute atomic E-state index is 13.1. The van der Waals surface area contributed by atoms with Gasteiger partial charge in [0.1, 0.15) is 5.75 Å². The Morgan fingerprint density at radius 3 is 2.31 bits per heavy atom. The van der Waals surface area contributed by atoms with E-state index in [1.54, 1.807) is 25.3 Å². The van der Waals surface area contributed by atoms with Crippen LogP contribution in [0.3, 0.4) is 0 Å². The van der Waals surface area contributed by atoms with Gasteiger partial charge in [-0.3, -0.25) is 9.69 Å². The highest BCUT2D eigenvalue weighted by molar-refractivity contribution is 7.89. The molecule has 2 aromatic carbocycles. The molecule has 1 fully saturated rings. The molecule has 3 rings (SSSR count). The molecule has 0 saturated carbocycles. The van der Waals surface area contributed by atoms with Crippen molar-refractivity contribution in [3.63, 3.8) is 0 Å². The van der Waals surface area contributed by atoms with E-state index in [0.717, 1.165) is 12.0 Å². The van der Waals surface area contributed by atoms with Gasteiger partial charge in [0, 0.05) is 37.9 Å². The molecule has 1 heterocycles. The minimum atomic E-state index is -3.54. The predicted molar refractivity (Wildman–Crippen MR) is 127 cm³/mol. The highest BCUT2D eigenvalue weighted by atomic mass is 32.2. The molecule has 1 aliphatic rings. The summed E-state index contributed by atoms with van der Waals surface area (Å²) in [7, 11) is -1.96. The Labute approximate surface area is 191 Å². The van der Waals surface area contributed by atoms with Gasteiger partial charge in [-0.25, -0.2) is 8.42 Å². The zero-order valence-corrected chi connectivity index (χ0v) is 20.1. The summed E-state index contributed by atoms with van der Waals surface area (Å²) >= 11 is 0. The molecular formula is C24H33N3O4S. The minimum absolute atomic E-state index is 0.129. The van der Waals surface area contributed by atoms with E-state index < -0.39 is 10.0 Å². The minimum Gasteiger partial charge on any atom is -0.497 e. The number of ether oxygens (including phenoxy) is 1. The summed E-state index contributed by atoms with van der Waals surface area (Å²) < 4.78 is 32.8. The van der Waals surface area contributed by atoms with Crippen molar-refractivity contribution in [2.24, 2.45) is 0 Å². The third kappa shape index (κ3) is 5.49. The molecule has 1 N–H and O–H groups in total. The lowest BCUT2D eigenvalue weighted by atomic mass is 9.99. The molecule has 7 nitrogen and oxygen atoms in total. The van der Waals surface area contributed by atoms with Gasteiger partial charge >= 0.3 is 0 Å². The summed E-state index contributed by atoms with van der Waals surface area (Å²) in [5.74, 6) is 0.946. The van der Waals surface area contributed by atoms with Gasteiger partial charge < -0.3 is 10.1 Å². The Balaban J connectivity index is 1.59. The molecule has 1 aliphatic heterocycles. The number of hydrogen-bond donors (Lipinski definition) is 1. The van der Waals surface area contributed by atoms with Gasteiger partial charge in [-0.05, 0) is 49.1 Å². The molecule has 32 heavy (non-hydrogen) atoms. The molecular weight excluding hydrogens is 426 g/mol. The molecule has 174 valence electrons. The highest BCUT2D eigenvalue weighted by Gasteiger charge is 2.31. The van der Waals surface area contributed by atoms with Crippen molar-refractivity contribution >= 4 is 21.6 Å². The number of methoxy groups -OCH3 is 1. The fourth-order valence-corrected chi connectivity index (χ4v) is 5.22. The molecule has 1 saturated heterocycles. The quantitative estimate of drug-likeness (QED) is 0.653. The number of anilines is 1. The maximum atomic E-state index is 13.1. The van der Waals surface area contributed by atoms with Gasteiger partial charge in [0.15, 0.2) is 0 Å². The summed E-state index contributed by atoms with van der Waals surface area (Å²) in [6, 6.07) is 14.0. The number of carbonyl (C=O) groups excluding carboxylic acids is 1. The normalized spacial score (nSPS) is 17.5. The van der Waals surface area contributed by atoms with Crippen molar-refractivity contribution in [1.29, 1.82) is 0 Å². The van der Waals surface area contributed by atoms with E-state index in [-0.39, 0.29) is 11.9 Å². The second kappa shape index (κ2) is 10.5. The van der Waals surface area contributed by atoms with Crippen molar-refractivity contribution in [3.8, 4) is 5.75 Å². The molecule has 8 heteroatoms. The van der Waals surface area contributed by atoms with Crippen LogP contribution in [0.15, 0.2) is 53.4 Å². The van der Waals surface area contributed by atoms with Gasteiger partial charge in [-0.1, -0.05) is 32.0 Å². The average Bonchev–Trinajstić information content (AvgIpc) is 2.83. The molecule has 0 spiro atoms. The molecule has 0 aromatic heterocycles. The van der Waals surface area contributed by atoms with E-state index in [0.29, 0.717) is 48.4 Å². The van der Waals surface area contributed by atoms with Crippen LogP contribution in [-0.4, -0.2) is 62.9 Å². The first-order valence-corrected chi connectivity index (χ1v) is 12.5. The molecule has 0 radical (unpaired) electrons. The second-order valence-electron chi connectivity index (χ2n) is 8.22. The van der Waals surface area contributed by atoms with Crippen LogP contribution in [0.4, 0.5) is 5.69 Å². The molecule has 2 aromatic rings. The van der Waals surface area contributed by atoms with E-state index in [1.807, 2.05) is 42.2 Å². The van der Waals surface area contributed by atoms with Crippen molar-refractivity contribution in [1.82, 2.24) is 9.21 Å². The Hall–Kier alpha value is -2.42. The summed E-state index contributed by atoms with van der Waals surface area (Å²) in [5.41, 5.74) is 1.82. The monoisotopic (exact) mass is 459 g/mol. The Morgan fingerprint density at radius 2 is 1.72 bits per heavy atom. The number of sulfonamides is 1. The fraction of sp³-hybridized carbons (Fsp3) is 0.458. The lowest BCUT2D eigenvalue weighted by molar-refractivity contribution is -0.121. The zero-order chi connectivity index (χ0) is 23.3. The third-order valence-corrected chi connectivity index (χ3v) is 8.15. The number of piperazine rings is 1. The van der Waals surface area contributed by atoms with Gasteiger partial charge in [0.2, 0.25) is 15.9 Å². The van der Waals surface area contributed by atoms with Crippen LogP contribution < -0.4 is 10.1 Å². The van der Waals surface area contributed by atoms with Crippen LogP contribution in [0.5, 0.6) is 5.75 Å². The van der Waals surface area contributed by atoms with Crippen molar-refractivity contribution < 1.29 is 17.9 Å². The Bertz CT molecular complexity index is 1020. The fourth-order valence-electron chi connectivity index (χ4n) is 3.80. The smallest absolute Gasteiger partial charge is 0.243 e.